The van der Waals surface area contributed by atoms with Crippen molar-refractivity contribution in [1.29, 1.82) is 0 Å². The summed E-state index contributed by atoms with van der Waals surface area (Å²) in [5.74, 6) is 1.61. The molecule has 4 heterocycles. The van der Waals surface area contributed by atoms with Crippen LogP contribution in [0.25, 0.3) is 22.5 Å². The molecule has 5 rings (SSSR count). The molecular weight excluding hydrogens is 432 g/mol. The van der Waals surface area contributed by atoms with E-state index in [9.17, 15) is 9.59 Å². The second-order valence-electron chi connectivity index (χ2n) is 8.46. The Balaban J connectivity index is 1.68. The summed E-state index contributed by atoms with van der Waals surface area (Å²) in [5, 5.41) is 0.400. The van der Waals surface area contributed by atoms with Gasteiger partial charge in [0.05, 0.1) is 24.7 Å². The molecule has 34 heavy (non-hydrogen) atoms. The molecule has 0 unspecified atom stereocenters. The molecule has 0 spiro atoms. The monoisotopic (exact) mass is 456 g/mol. The lowest BCUT2D eigenvalue weighted by atomic mass is 10.1. The Kier molecular flexibility index (Phi) is 5.28. The minimum atomic E-state index is -0.480. The zero-order chi connectivity index (χ0) is 24.0. The van der Waals surface area contributed by atoms with Crippen molar-refractivity contribution in [3.05, 3.63) is 104 Å². The summed E-state index contributed by atoms with van der Waals surface area (Å²) in [6, 6.07) is 13.2. The number of furan rings is 1. The number of hydrogen-bond acceptors (Lipinski definition) is 6. The normalized spacial score (nSPS) is 11.4. The third-order valence-corrected chi connectivity index (χ3v) is 5.97. The summed E-state index contributed by atoms with van der Waals surface area (Å²) in [6.45, 7) is 7.60. The molecule has 0 N–H and O–H groups in total. The minimum Gasteiger partial charge on any atom is -0.467 e. The van der Waals surface area contributed by atoms with E-state index >= 15 is 0 Å². The highest BCUT2D eigenvalue weighted by Crippen LogP contribution is 2.25. The Morgan fingerprint density at radius 1 is 0.882 bits per heavy atom. The molecule has 0 saturated carbocycles. The maximum atomic E-state index is 13.6. The lowest BCUT2D eigenvalue weighted by Crippen LogP contribution is -2.41. The molecule has 0 fully saturated rings. The number of oxazole rings is 1. The van der Waals surface area contributed by atoms with Crippen LogP contribution in [0.4, 0.5) is 0 Å². The second-order valence-corrected chi connectivity index (χ2v) is 8.46. The maximum absolute atomic E-state index is 13.6. The van der Waals surface area contributed by atoms with E-state index < -0.39 is 11.2 Å². The van der Waals surface area contributed by atoms with Gasteiger partial charge in [0.1, 0.15) is 17.2 Å². The molecule has 0 radical (unpaired) electrons. The zero-order valence-corrected chi connectivity index (χ0v) is 19.5. The largest absolute Gasteiger partial charge is 0.467 e. The van der Waals surface area contributed by atoms with Crippen molar-refractivity contribution in [2.75, 3.05) is 0 Å². The maximum Gasteiger partial charge on any atom is 0.333 e. The van der Waals surface area contributed by atoms with E-state index in [1.165, 1.54) is 9.13 Å². The van der Waals surface area contributed by atoms with Crippen LogP contribution >= 0.6 is 0 Å². The highest BCUT2D eigenvalue weighted by Gasteiger charge is 2.20. The molecule has 0 aliphatic heterocycles. The van der Waals surface area contributed by atoms with Gasteiger partial charge >= 0.3 is 5.69 Å². The van der Waals surface area contributed by atoms with E-state index in [2.05, 4.69) is 9.97 Å². The van der Waals surface area contributed by atoms with Crippen molar-refractivity contribution in [2.24, 2.45) is 0 Å². The summed E-state index contributed by atoms with van der Waals surface area (Å²) in [7, 11) is 0. The van der Waals surface area contributed by atoms with Gasteiger partial charge in [0, 0.05) is 11.3 Å². The molecule has 0 aliphatic rings. The predicted octanol–water partition coefficient (Wildman–Crippen LogP) is 4.14. The zero-order valence-electron chi connectivity index (χ0n) is 19.5. The number of fused-ring (bicyclic) bond motifs is 1. The molecule has 8 heteroatoms. The third kappa shape index (κ3) is 3.67. The number of benzene rings is 1. The van der Waals surface area contributed by atoms with Gasteiger partial charge in [-0.1, -0.05) is 18.2 Å². The first-order valence-corrected chi connectivity index (χ1v) is 11.0. The Morgan fingerprint density at radius 2 is 1.68 bits per heavy atom. The Hall–Kier alpha value is -4.20. The highest BCUT2D eigenvalue weighted by atomic mass is 16.4. The summed E-state index contributed by atoms with van der Waals surface area (Å²) >= 11 is 0. The lowest BCUT2D eigenvalue weighted by molar-refractivity contribution is 0.483. The highest BCUT2D eigenvalue weighted by molar-refractivity contribution is 5.78. The van der Waals surface area contributed by atoms with E-state index in [4.69, 9.17) is 8.83 Å². The van der Waals surface area contributed by atoms with Crippen LogP contribution in [0.1, 0.15) is 34.0 Å². The van der Waals surface area contributed by atoms with Crippen LogP contribution in [0.5, 0.6) is 0 Å². The molecule has 0 aliphatic carbocycles. The van der Waals surface area contributed by atoms with Crippen molar-refractivity contribution in [3.63, 3.8) is 0 Å². The molecule has 0 saturated heterocycles. The van der Waals surface area contributed by atoms with Crippen LogP contribution in [0.3, 0.4) is 0 Å². The summed E-state index contributed by atoms with van der Waals surface area (Å²) in [4.78, 5) is 36.3. The standard InChI is InChI=1S/C26H24N4O4/c1-15-8-5-6-10-20(15)24-28-21(18(4)34-24)14-30-25(31)22-16(2)12-17(3)27-23(22)29(26(30)32)13-19-9-7-11-33-19/h5-12H,13-14H2,1-4H3. The van der Waals surface area contributed by atoms with Crippen molar-refractivity contribution in [3.8, 4) is 11.5 Å². The fourth-order valence-electron chi connectivity index (χ4n) is 4.23. The van der Waals surface area contributed by atoms with Gasteiger partial charge in [0.2, 0.25) is 5.89 Å². The molecule has 8 nitrogen and oxygen atoms in total. The predicted molar refractivity (Wildman–Crippen MR) is 128 cm³/mol. The van der Waals surface area contributed by atoms with Crippen LogP contribution in [-0.4, -0.2) is 19.1 Å². The van der Waals surface area contributed by atoms with Crippen molar-refractivity contribution in [2.45, 2.75) is 40.8 Å². The lowest BCUT2D eigenvalue weighted by Gasteiger charge is -2.14. The van der Waals surface area contributed by atoms with E-state index in [1.54, 1.807) is 25.3 Å². The molecule has 4 aromatic heterocycles. The first kappa shape index (κ1) is 21.6. The minimum absolute atomic E-state index is 0.0136. The molecule has 0 amide bonds. The average Bonchev–Trinajstić information content (AvgIpc) is 3.43. The van der Waals surface area contributed by atoms with Gasteiger partial charge in [-0.2, -0.15) is 0 Å². The van der Waals surface area contributed by atoms with Crippen LogP contribution in [0.15, 0.2) is 67.2 Å². The van der Waals surface area contributed by atoms with Gasteiger partial charge in [-0.15, -0.1) is 0 Å². The second kappa shape index (κ2) is 8.30. The first-order valence-electron chi connectivity index (χ1n) is 11.0. The van der Waals surface area contributed by atoms with Gasteiger partial charge in [0.25, 0.3) is 5.56 Å². The molecule has 0 bridgehead atoms. The Labute approximate surface area is 195 Å². The fourth-order valence-corrected chi connectivity index (χ4v) is 4.23. The number of aromatic nitrogens is 4. The SMILES string of the molecule is Cc1cc(C)c2c(=O)n(Cc3nc(-c4ccccc4C)oc3C)c(=O)n(Cc3ccco3)c2n1. The first-order chi connectivity index (χ1) is 16.3. The van der Waals surface area contributed by atoms with Crippen LogP contribution in [-0.2, 0) is 13.1 Å². The van der Waals surface area contributed by atoms with E-state index in [1.807, 2.05) is 51.1 Å². The number of hydrogen-bond donors (Lipinski definition) is 0. The van der Waals surface area contributed by atoms with Gasteiger partial charge in [-0.3, -0.25) is 13.9 Å². The van der Waals surface area contributed by atoms with Crippen LogP contribution < -0.4 is 11.2 Å². The average molecular weight is 457 g/mol. The number of rotatable bonds is 5. The number of pyridine rings is 1. The summed E-state index contributed by atoms with van der Waals surface area (Å²) in [5.41, 5.74) is 3.37. The summed E-state index contributed by atoms with van der Waals surface area (Å²) < 4.78 is 14.1. The van der Waals surface area contributed by atoms with Crippen LogP contribution in [0, 0.1) is 27.7 Å². The topological polar surface area (TPSA) is 96.1 Å². The van der Waals surface area contributed by atoms with Crippen LogP contribution in [0.2, 0.25) is 0 Å². The molecule has 5 aromatic rings. The van der Waals surface area contributed by atoms with Gasteiger partial charge in [-0.25, -0.2) is 14.8 Å². The molecule has 172 valence electrons. The van der Waals surface area contributed by atoms with Gasteiger partial charge < -0.3 is 8.83 Å². The van der Waals surface area contributed by atoms with Crippen molar-refractivity contribution >= 4 is 11.0 Å². The van der Waals surface area contributed by atoms with E-state index in [0.717, 1.165) is 22.4 Å². The van der Waals surface area contributed by atoms with E-state index in [0.29, 0.717) is 34.1 Å². The van der Waals surface area contributed by atoms with Gasteiger partial charge in [-0.05, 0) is 63.1 Å². The quantitative estimate of drug-likeness (QED) is 0.394. The van der Waals surface area contributed by atoms with Crippen molar-refractivity contribution < 1.29 is 8.83 Å². The summed E-state index contributed by atoms with van der Waals surface area (Å²) in [6.07, 6.45) is 1.55. The molecule has 1 aromatic carbocycles. The fraction of sp³-hybridized carbons (Fsp3) is 0.231. The third-order valence-electron chi connectivity index (χ3n) is 5.97. The molecular formula is C26H24N4O4. The van der Waals surface area contributed by atoms with Gasteiger partial charge in [0.15, 0.2) is 5.65 Å². The van der Waals surface area contributed by atoms with E-state index in [-0.39, 0.29) is 13.1 Å². The Bertz CT molecular complexity index is 1640. The van der Waals surface area contributed by atoms with Crippen molar-refractivity contribution in [1.82, 2.24) is 19.1 Å². The number of nitrogens with zero attached hydrogens (tertiary/aromatic N) is 4. The smallest absolute Gasteiger partial charge is 0.333 e. The number of aryl methyl sites for hydroxylation is 4. The Morgan fingerprint density at radius 3 is 2.41 bits per heavy atom. The molecule has 0 atom stereocenters.